The van der Waals surface area contributed by atoms with Crippen molar-refractivity contribution in [1.82, 2.24) is 10.7 Å². The maximum absolute atomic E-state index is 12.6. The van der Waals surface area contributed by atoms with Gasteiger partial charge in [0.2, 0.25) is 6.79 Å². The minimum absolute atomic E-state index is 0.185. The SMILES string of the molecule is CC(C)C[C@H](NC(=O)COc1ccc(Cl)cc1)C(=O)N/N=C\c1ccc2c(c1)OCO2. The van der Waals surface area contributed by atoms with Crippen LogP contribution >= 0.6 is 11.6 Å². The lowest BCUT2D eigenvalue weighted by atomic mass is 10.0. The zero-order valence-corrected chi connectivity index (χ0v) is 18.0. The second-order valence-corrected chi connectivity index (χ2v) is 7.78. The van der Waals surface area contributed by atoms with E-state index < -0.39 is 17.9 Å². The number of ether oxygens (including phenoxy) is 3. The molecule has 8 nitrogen and oxygen atoms in total. The molecule has 0 fully saturated rings. The average molecular weight is 446 g/mol. The van der Waals surface area contributed by atoms with Gasteiger partial charge in [0.05, 0.1) is 6.21 Å². The van der Waals surface area contributed by atoms with Crippen LogP contribution in [0.3, 0.4) is 0 Å². The summed E-state index contributed by atoms with van der Waals surface area (Å²) in [6.45, 7) is 3.90. The standard InChI is InChI=1S/C22H24ClN3O5/c1-14(2)9-18(25-21(27)12-29-17-6-4-16(23)5-7-17)22(28)26-24-11-15-3-8-19-20(10-15)31-13-30-19/h3-8,10-11,14,18H,9,12-13H2,1-2H3,(H,25,27)(H,26,28)/b24-11-/t18-/m0/s1. The van der Waals surface area contributed by atoms with Crippen molar-refractivity contribution >= 4 is 29.6 Å². The van der Waals surface area contributed by atoms with E-state index in [1.807, 2.05) is 13.8 Å². The first-order valence-electron chi connectivity index (χ1n) is 9.81. The Labute approximate surface area is 185 Å². The minimum atomic E-state index is -0.741. The van der Waals surface area contributed by atoms with Gasteiger partial charge in [-0.05, 0) is 60.4 Å². The van der Waals surface area contributed by atoms with E-state index in [0.717, 1.165) is 5.56 Å². The molecule has 0 radical (unpaired) electrons. The fraction of sp³-hybridized carbons (Fsp3) is 0.318. The summed E-state index contributed by atoms with van der Waals surface area (Å²) in [4.78, 5) is 24.8. The molecule has 1 heterocycles. The van der Waals surface area contributed by atoms with Gasteiger partial charge in [0.25, 0.3) is 11.8 Å². The second-order valence-electron chi connectivity index (χ2n) is 7.34. The van der Waals surface area contributed by atoms with Gasteiger partial charge in [-0.25, -0.2) is 5.43 Å². The average Bonchev–Trinajstić information content (AvgIpc) is 3.20. The molecule has 0 spiro atoms. The molecule has 3 rings (SSSR count). The zero-order chi connectivity index (χ0) is 22.2. The summed E-state index contributed by atoms with van der Waals surface area (Å²) in [6, 6.07) is 11.3. The third-order valence-corrected chi connectivity index (χ3v) is 4.58. The van der Waals surface area contributed by atoms with Gasteiger partial charge in [0.1, 0.15) is 11.8 Å². The Morgan fingerprint density at radius 1 is 1.16 bits per heavy atom. The lowest BCUT2D eigenvalue weighted by molar-refractivity contribution is -0.130. The van der Waals surface area contributed by atoms with E-state index in [1.54, 1.807) is 42.5 Å². The highest BCUT2D eigenvalue weighted by atomic mass is 35.5. The highest BCUT2D eigenvalue weighted by Gasteiger charge is 2.22. The smallest absolute Gasteiger partial charge is 0.262 e. The predicted octanol–water partition coefficient (Wildman–Crippen LogP) is 3.13. The minimum Gasteiger partial charge on any atom is -0.484 e. The topological polar surface area (TPSA) is 98.2 Å². The quantitative estimate of drug-likeness (QED) is 0.456. The maximum atomic E-state index is 12.6. The van der Waals surface area contributed by atoms with Crippen LogP contribution in [0, 0.1) is 5.92 Å². The molecule has 0 aromatic heterocycles. The van der Waals surface area contributed by atoms with Crippen molar-refractivity contribution in [3.63, 3.8) is 0 Å². The van der Waals surface area contributed by atoms with Gasteiger partial charge in [-0.1, -0.05) is 25.4 Å². The molecule has 1 atom stereocenters. The number of benzene rings is 2. The largest absolute Gasteiger partial charge is 0.484 e. The molecular formula is C22H24ClN3O5. The molecular weight excluding hydrogens is 422 g/mol. The van der Waals surface area contributed by atoms with Gasteiger partial charge in [-0.3, -0.25) is 9.59 Å². The normalized spacial score (nSPS) is 13.3. The van der Waals surface area contributed by atoms with Gasteiger partial charge in [-0.15, -0.1) is 0 Å². The first-order chi connectivity index (χ1) is 14.9. The third-order valence-electron chi connectivity index (χ3n) is 4.33. The first kappa shape index (κ1) is 22.4. The lowest BCUT2D eigenvalue weighted by Crippen LogP contribution is -2.47. The van der Waals surface area contributed by atoms with Crippen molar-refractivity contribution in [2.24, 2.45) is 11.0 Å². The molecule has 9 heteroatoms. The van der Waals surface area contributed by atoms with Crippen LogP contribution in [0.5, 0.6) is 17.2 Å². The highest BCUT2D eigenvalue weighted by Crippen LogP contribution is 2.31. The number of fused-ring (bicyclic) bond motifs is 1. The number of amides is 2. The van der Waals surface area contributed by atoms with E-state index in [4.69, 9.17) is 25.8 Å². The number of hydrogen-bond donors (Lipinski definition) is 2. The van der Waals surface area contributed by atoms with Crippen LogP contribution in [0.1, 0.15) is 25.8 Å². The van der Waals surface area contributed by atoms with Crippen LogP contribution < -0.4 is 25.0 Å². The predicted molar refractivity (Wildman–Crippen MR) is 117 cm³/mol. The Bertz CT molecular complexity index is 947. The maximum Gasteiger partial charge on any atom is 0.262 e. The van der Waals surface area contributed by atoms with Crippen LogP contribution in [0.2, 0.25) is 5.02 Å². The molecule has 2 aromatic rings. The van der Waals surface area contributed by atoms with Crippen LogP contribution in [0.4, 0.5) is 0 Å². The highest BCUT2D eigenvalue weighted by molar-refractivity contribution is 6.30. The second kappa shape index (κ2) is 10.7. The van der Waals surface area contributed by atoms with Gasteiger partial charge in [-0.2, -0.15) is 5.10 Å². The van der Waals surface area contributed by atoms with Crippen molar-refractivity contribution in [3.05, 3.63) is 53.1 Å². The number of carbonyl (C=O) groups excluding carboxylic acids is 2. The fourth-order valence-electron chi connectivity index (χ4n) is 2.86. The molecule has 164 valence electrons. The number of carbonyl (C=O) groups is 2. The van der Waals surface area contributed by atoms with Gasteiger partial charge >= 0.3 is 0 Å². The Hall–Kier alpha value is -3.26. The van der Waals surface area contributed by atoms with E-state index in [1.165, 1.54) is 6.21 Å². The van der Waals surface area contributed by atoms with E-state index in [-0.39, 0.29) is 19.3 Å². The Balaban J connectivity index is 1.53. The van der Waals surface area contributed by atoms with E-state index in [0.29, 0.717) is 28.7 Å². The molecule has 0 unspecified atom stereocenters. The molecule has 0 saturated heterocycles. The summed E-state index contributed by atoms with van der Waals surface area (Å²) in [5.74, 6) is 1.17. The van der Waals surface area contributed by atoms with Crippen molar-refractivity contribution in [2.45, 2.75) is 26.3 Å². The zero-order valence-electron chi connectivity index (χ0n) is 17.3. The molecule has 0 aliphatic carbocycles. The van der Waals surface area contributed by atoms with Crippen molar-refractivity contribution in [2.75, 3.05) is 13.4 Å². The Morgan fingerprint density at radius 2 is 1.90 bits per heavy atom. The van der Waals surface area contributed by atoms with Crippen molar-refractivity contribution in [1.29, 1.82) is 0 Å². The summed E-state index contributed by atoms with van der Waals surface area (Å²) in [7, 11) is 0. The van der Waals surface area contributed by atoms with Gasteiger partial charge in [0.15, 0.2) is 18.1 Å². The van der Waals surface area contributed by atoms with E-state index in [2.05, 4.69) is 15.8 Å². The van der Waals surface area contributed by atoms with Gasteiger partial charge in [0, 0.05) is 5.02 Å². The Morgan fingerprint density at radius 3 is 2.65 bits per heavy atom. The number of rotatable bonds is 9. The first-order valence-corrected chi connectivity index (χ1v) is 10.2. The lowest BCUT2D eigenvalue weighted by Gasteiger charge is -2.19. The molecule has 1 aliphatic heterocycles. The molecule has 2 amide bonds. The van der Waals surface area contributed by atoms with Crippen molar-refractivity contribution in [3.8, 4) is 17.2 Å². The van der Waals surface area contributed by atoms with Gasteiger partial charge < -0.3 is 19.5 Å². The number of hydrazone groups is 1. The van der Waals surface area contributed by atoms with Crippen molar-refractivity contribution < 1.29 is 23.8 Å². The molecule has 0 saturated carbocycles. The summed E-state index contributed by atoms with van der Waals surface area (Å²) >= 11 is 5.83. The molecule has 0 bridgehead atoms. The summed E-state index contributed by atoms with van der Waals surface area (Å²) < 4.78 is 16.0. The van der Waals surface area contributed by atoms with E-state index in [9.17, 15) is 9.59 Å². The summed E-state index contributed by atoms with van der Waals surface area (Å²) in [5.41, 5.74) is 3.22. The monoisotopic (exact) mass is 445 g/mol. The van der Waals surface area contributed by atoms with Crippen LogP contribution in [-0.2, 0) is 9.59 Å². The summed E-state index contributed by atoms with van der Waals surface area (Å²) in [5, 5.41) is 7.26. The van der Waals surface area contributed by atoms with Crippen LogP contribution in [-0.4, -0.2) is 37.5 Å². The number of nitrogens with one attached hydrogen (secondary N) is 2. The molecule has 31 heavy (non-hydrogen) atoms. The number of hydrogen-bond acceptors (Lipinski definition) is 6. The third kappa shape index (κ3) is 6.89. The molecule has 2 N–H and O–H groups in total. The summed E-state index contributed by atoms with van der Waals surface area (Å²) in [6.07, 6.45) is 1.95. The number of halogens is 1. The molecule has 1 aliphatic rings. The van der Waals surface area contributed by atoms with E-state index >= 15 is 0 Å². The Kier molecular flexibility index (Phi) is 7.72. The molecule has 2 aromatic carbocycles. The number of nitrogens with zero attached hydrogens (tertiary/aromatic N) is 1. The fourth-order valence-corrected chi connectivity index (χ4v) is 2.99. The van der Waals surface area contributed by atoms with Crippen LogP contribution in [0.15, 0.2) is 47.6 Å². The van der Waals surface area contributed by atoms with Crippen LogP contribution in [0.25, 0.3) is 0 Å².